The summed E-state index contributed by atoms with van der Waals surface area (Å²) < 4.78 is 24.5. The number of likely N-dealkylation sites (N-methyl/N-ethyl adjacent to an activating group) is 1. The molecule has 1 heterocycles. The zero-order chi connectivity index (χ0) is 19.9. The van der Waals surface area contributed by atoms with Crippen LogP contribution in [0.4, 0.5) is 4.39 Å². The molecule has 0 saturated carbocycles. The molecule has 0 aliphatic carbocycles. The number of hydrogen-bond donors (Lipinski definition) is 0. The monoisotopic (exact) mass is 406 g/mol. The maximum atomic E-state index is 13.2. The molecule has 2 aromatic carbocycles. The lowest BCUT2D eigenvalue weighted by Gasteiger charge is -2.32. The molecule has 2 aromatic rings. The molecule has 0 bridgehead atoms. The number of benzene rings is 2. The number of methoxy groups -OCH3 is 1. The summed E-state index contributed by atoms with van der Waals surface area (Å²) in [4.78, 5) is 4.90. The first-order chi connectivity index (χ1) is 13.5. The van der Waals surface area contributed by atoms with Gasteiger partial charge < -0.3 is 19.3 Å². The van der Waals surface area contributed by atoms with Gasteiger partial charge in [-0.1, -0.05) is 23.7 Å². The minimum atomic E-state index is -0.354. The number of nitrogens with zero attached hydrogens (tertiary/aromatic N) is 2. The molecular weight excluding hydrogens is 379 g/mol. The van der Waals surface area contributed by atoms with Crippen LogP contribution in [0.25, 0.3) is 0 Å². The van der Waals surface area contributed by atoms with Crippen LogP contribution in [-0.2, 0) is 13.0 Å². The zero-order valence-corrected chi connectivity index (χ0v) is 17.3. The third kappa shape index (κ3) is 5.84. The van der Waals surface area contributed by atoms with Gasteiger partial charge in [-0.15, -0.1) is 0 Å². The van der Waals surface area contributed by atoms with Crippen LogP contribution in [0.5, 0.6) is 11.5 Å². The van der Waals surface area contributed by atoms with Gasteiger partial charge >= 0.3 is 0 Å². The van der Waals surface area contributed by atoms with Gasteiger partial charge in [0, 0.05) is 31.7 Å². The maximum Gasteiger partial charge on any atom is 0.161 e. The SMILES string of the molecule is COc1cc(CCCN2CCN(C)CC2)ccc1OCc1ccc(F)cc1Cl. The van der Waals surface area contributed by atoms with E-state index in [1.54, 1.807) is 13.2 Å². The smallest absolute Gasteiger partial charge is 0.161 e. The second-order valence-corrected chi connectivity index (χ2v) is 7.67. The maximum absolute atomic E-state index is 13.2. The highest BCUT2D eigenvalue weighted by Gasteiger charge is 2.13. The average molecular weight is 407 g/mol. The summed E-state index contributed by atoms with van der Waals surface area (Å²) in [5.74, 6) is 1.01. The van der Waals surface area contributed by atoms with Crippen molar-refractivity contribution in [1.82, 2.24) is 9.80 Å². The molecule has 1 saturated heterocycles. The minimum Gasteiger partial charge on any atom is -0.493 e. The van der Waals surface area contributed by atoms with Crippen molar-refractivity contribution in [2.24, 2.45) is 0 Å². The average Bonchev–Trinajstić information content (AvgIpc) is 2.69. The summed E-state index contributed by atoms with van der Waals surface area (Å²) in [5, 5.41) is 0.361. The third-order valence-corrected chi connectivity index (χ3v) is 5.51. The quantitative estimate of drug-likeness (QED) is 0.654. The van der Waals surface area contributed by atoms with E-state index in [9.17, 15) is 4.39 Å². The van der Waals surface area contributed by atoms with Gasteiger partial charge in [-0.25, -0.2) is 4.39 Å². The van der Waals surface area contributed by atoms with Crippen LogP contribution in [0.1, 0.15) is 17.5 Å². The van der Waals surface area contributed by atoms with Crippen molar-refractivity contribution in [1.29, 1.82) is 0 Å². The predicted octanol–water partition coefficient (Wildman–Crippen LogP) is 4.25. The molecule has 1 fully saturated rings. The summed E-state index contributed by atoms with van der Waals surface area (Å²) >= 11 is 6.07. The number of rotatable bonds is 8. The molecule has 3 rings (SSSR count). The second kappa shape index (κ2) is 10.1. The highest BCUT2D eigenvalue weighted by molar-refractivity contribution is 6.31. The Bertz CT molecular complexity index is 779. The molecule has 1 aliphatic rings. The van der Waals surface area contributed by atoms with E-state index in [1.807, 2.05) is 12.1 Å². The van der Waals surface area contributed by atoms with Gasteiger partial charge in [0.25, 0.3) is 0 Å². The lowest BCUT2D eigenvalue weighted by Crippen LogP contribution is -2.44. The van der Waals surface area contributed by atoms with Gasteiger partial charge in [0.15, 0.2) is 11.5 Å². The number of piperazine rings is 1. The van der Waals surface area contributed by atoms with Gasteiger partial charge in [-0.3, -0.25) is 0 Å². The molecule has 0 radical (unpaired) electrons. The number of aryl methyl sites for hydroxylation is 1. The molecule has 0 atom stereocenters. The van der Waals surface area contributed by atoms with E-state index < -0.39 is 0 Å². The van der Waals surface area contributed by atoms with Crippen LogP contribution >= 0.6 is 11.6 Å². The number of hydrogen-bond acceptors (Lipinski definition) is 4. The summed E-state index contributed by atoms with van der Waals surface area (Å²) in [5.41, 5.74) is 1.97. The molecule has 0 unspecified atom stereocenters. The molecule has 0 spiro atoms. The van der Waals surface area contributed by atoms with Gasteiger partial charge in [0.05, 0.1) is 12.1 Å². The Kier molecular flexibility index (Phi) is 7.54. The van der Waals surface area contributed by atoms with E-state index in [2.05, 4.69) is 22.9 Å². The molecule has 1 aliphatic heterocycles. The van der Waals surface area contributed by atoms with E-state index in [-0.39, 0.29) is 12.4 Å². The summed E-state index contributed by atoms with van der Waals surface area (Å²) in [7, 11) is 3.82. The minimum absolute atomic E-state index is 0.262. The van der Waals surface area contributed by atoms with Crippen molar-refractivity contribution in [3.05, 3.63) is 58.4 Å². The fraction of sp³-hybridized carbons (Fsp3) is 0.455. The van der Waals surface area contributed by atoms with Crippen LogP contribution in [0.3, 0.4) is 0 Å². The Morgan fingerprint density at radius 3 is 2.54 bits per heavy atom. The zero-order valence-electron chi connectivity index (χ0n) is 16.6. The van der Waals surface area contributed by atoms with Crippen LogP contribution < -0.4 is 9.47 Å². The third-order valence-electron chi connectivity index (χ3n) is 5.16. The summed E-state index contributed by atoms with van der Waals surface area (Å²) in [6.07, 6.45) is 2.13. The largest absolute Gasteiger partial charge is 0.493 e. The predicted molar refractivity (Wildman–Crippen MR) is 111 cm³/mol. The molecule has 4 nitrogen and oxygen atoms in total. The summed E-state index contributed by atoms with van der Waals surface area (Å²) in [6.45, 7) is 5.99. The Morgan fingerprint density at radius 2 is 1.82 bits per heavy atom. The normalized spacial score (nSPS) is 15.6. The van der Waals surface area contributed by atoms with Crippen LogP contribution in [-0.4, -0.2) is 56.7 Å². The van der Waals surface area contributed by atoms with E-state index in [4.69, 9.17) is 21.1 Å². The van der Waals surface area contributed by atoms with Crippen LogP contribution in [0, 0.1) is 5.82 Å². The van der Waals surface area contributed by atoms with Crippen molar-refractivity contribution in [2.75, 3.05) is 46.9 Å². The molecule has 0 N–H and O–H groups in total. The second-order valence-electron chi connectivity index (χ2n) is 7.26. The Labute approximate surface area is 171 Å². The van der Waals surface area contributed by atoms with Crippen molar-refractivity contribution >= 4 is 11.6 Å². The first kappa shape index (κ1) is 20.9. The Morgan fingerprint density at radius 1 is 1.04 bits per heavy atom. The van der Waals surface area contributed by atoms with E-state index in [1.165, 1.54) is 17.7 Å². The van der Waals surface area contributed by atoms with E-state index in [0.29, 0.717) is 16.5 Å². The lowest BCUT2D eigenvalue weighted by atomic mass is 10.1. The Balaban J connectivity index is 1.53. The molecule has 152 valence electrons. The fourth-order valence-electron chi connectivity index (χ4n) is 3.36. The van der Waals surface area contributed by atoms with Gasteiger partial charge in [-0.05, 0) is 56.3 Å². The van der Waals surface area contributed by atoms with Crippen LogP contribution in [0.2, 0.25) is 5.02 Å². The standard InChI is InChI=1S/C22H28ClFN2O2/c1-25-10-12-26(13-11-25)9-3-4-17-5-8-21(22(14-17)27-2)28-16-18-6-7-19(24)15-20(18)23/h5-8,14-15H,3-4,9-13,16H2,1-2H3. The van der Waals surface area contributed by atoms with E-state index >= 15 is 0 Å². The van der Waals surface area contributed by atoms with Crippen molar-refractivity contribution in [3.8, 4) is 11.5 Å². The molecule has 6 heteroatoms. The van der Waals surface area contributed by atoms with Gasteiger partial charge in [0.2, 0.25) is 0 Å². The highest BCUT2D eigenvalue weighted by atomic mass is 35.5. The molecule has 0 aromatic heterocycles. The van der Waals surface area contributed by atoms with Crippen LogP contribution in [0.15, 0.2) is 36.4 Å². The molecule has 28 heavy (non-hydrogen) atoms. The fourth-order valence-corrected chi connectivity index (χ4v) is 3.58. The van der Waals surface area contributed by atoms with Crippen molar-refractivity contribution in [3.63, 3.8) is 0 Å². The molecule has 0 amide bonds. The van der Waals surface area contributed by atoms with Gasteiger partial charge in [-0.2, -0.15) is 0 Å². The van der Waals surface area contributed by atoms with Crippen molar-refractivity contribution in [2.45, 2.75) is 19.4 Å². The van der Waals surface area contributed by atoms with Gasteiger partial charge in [0.1, 0.15) is 12.4 Å². The first-order valence-corrected chi connectivity index (χ1v) is 10.1. The number of ether oxygens (including phenoxy) is 2. The first-order valence-electron chi connectivity index (χ1n) is 9.69. The number of halogens is 2. The topological polar surface area (TPSA) is 24.9 Å². The van der Waals surface area contributed by atoms with Crippen molar-refractivity contribution < 1.29 is 13.9 Å². The summed E-state index contributed by atoms with van der Waals surface area (Å²) in [6, 6.07) is 10.4. The highest BCUT2D eigenvalue weighted by Crippen LogP contribution is 2.30. The Hall–Kier alpha value is -1.82. The molecular formula is C22H28ClFN2O2. The lowest BCUT2D eigenvalue weighted by molar-refractivity contribution is 0.153. The van der Waals surface area contributed by atoms with E-state index in [0.717, 1.165) is 51.1 Å².